The number of esters is 4. The molecule has 2 fully saturated rings. The van der Waals surface area contributed by atoms with Gasteiger partial charge in [-0.15, -0.1) is 0 Å². The van der Waals surface area contributed by atoms with Crippen LogP contribution in [0, 0.1) is 0 Å². The van der Waals surface area contributed by atoms with Crippen molar-refractivity contribution in [3.05, 3.63) is 30.3 Å². The molecule has 2 heterocycles. The van der Waals surface area contributed by atoms with Crippen molar-refractivity contribution >= 4 is 35.6 Å². The van der Waals surface area contributed by atoms with Crippen molar-refractivity contribution in [1.82, 2.24) is 4.90 Å². The van der Waals surface area contributed by atoms with Gasteiger partial charge in [0.15, 0.2) is 24.5 Å². The van der Waals surface area contributed by atoms with E-state index in [9.17, 15) is 24.0 Å². The van der Waals surface area contributed by atoms with Crippen LogP contribution in [0.3, 0.4) is 0 Å². The van der Waals surface area contributed by atoms with Gasteiger partial charge < -0.3 is 28.6 Å². The number of para-hydroxylation sites is 1. The molecule has 0 spiro atoms. The molecule has 0 saturated carbocycles. The fraction of sp³-hybridized carbons (Fsp3) is 0.542. The standard InChI is InChI=1S/C24H30N2O10/c1-6-25-19-21(35-16(5)30)22(36-23(19)26(24(25)31)17-10-8-7-9-11-17)20(34-15(4)29)18(33-14(3)28)12-32-13(2)27/h7-11,18-23H,6,12H2,1-5H3/t18-,19+,20+,21+,22+,23-/m1/s1. The van der Waals surface area contributed by atoms with Gasteiger partial charge in [0.25, 0.3) is 0 Å². The summed E-state index contributed by atoms with van der Waals surface area (Å²) in [7, 11) is 0. The summed E-state index contributed by atoms with van der Waals surface area (Å²) in [6.45, 7) is 6.28. The molecule has 1 aromatic carbocycles. The molecule has 0 bridgehead atoms. The number of benzene rings is 1. The van der Waals surface area contributed by atoms with E-state index in [4.69, 9.17) is 23.7 Å². The van der Waals surface area contributed by atoms with E-state index < -0.39 is 67.2 Å². The molecule has 2 aliphatic heterocycles. The molecule has 2 saturated heterocycles. The molecule has 12 heteroatoms. The Labute approximate surface area is 208 Å². The molecular weight excluding hydrogens is 476 g/mol. The van der Waals surface area contributed by atoms with Gasteiger partial charge in [-0.3, -0.25) is 24.1 Å². The van der Waals surface area contributed by atoms with Crippen LogP contribution >= 0.6 is 0 Å². The lowest BCUT2D eigenvalue weighted by Crippen LogP contribution is -2.54. The second kappa shape index (κ2) is 11.4. The van der Waals surface area contributed by atoms with Gasteiger partial charge in [0.1, 0.15) is 18.8 Å². The van der Waals surface area contributed by atoms with Gasteiger partial charge >= 0.3 is 29.9 Å². The Balaban J connectivity index is 2.06. The quantitative estimate of drug-likeness (QED) is 0.357. The average Bonchev–Trinajstić information content (AvgIpc) is 3.27. The first-order valence-electron chi connectivity index (χ1n) is 11.5. The lowest BCUT2D eigenvalue weighted by Gasteiger charge is -2.34. The highest BCUT2D eigenvalue weighted by Crippen LogP contribution is 2.41. The van der Waals surface area contributed by atoms with E-state index >= 15 is 0 Å². The molecule has 12 nitrogen and oxygen atoms in total. The van der Waals surface area contributed by atoms with Gasteiger partial charge in [0.2, 0.25) is 0 Å². The predicted octanol–water partition coefficient (Wildman–Crippen LogP) is 1.40. The van der Waals surface area contributed by atoms with E-state index in [1.807, 2.05) is 0 Å². The predicted molar refractivity (Wildman–Crippen MR) is 122 cm³/mol. The van der Waals surface area contributed by atoms with Crippen molar-refractivity contribution < 1.29 is 47.7 Å². The Morgan fingerprint density at radius 3 is 2.11 bits per heavy atom. The normalized spacial score (nSPS) is 24.5. The zero-order valence-electron chi connectivity index (χ0n) is 20.7. The second-order valence-corrected chi connectivity index (χ2v) is 8.35. The van der Waals surface area contributed by atoms with E-state index in [0.717, 1.165) is 13.8 Å². The van der Waals surface area contributed by atoms with E-state index in [1.165, 1.54) is 23.6 Å². The second-order valence-electron chi connectivity index (χ2n) is 8.35. The first-order valence-corrected chi connectivity index (χ1v) is 11.5. The summed E-state index contributed by atoms with van der Waals surface area (Å²) in [5.74, 6) is -2.75. The summed E-state index contributed by atoms with van der Waals surface area (Å²) >= 11 is 0. The number of fused-ring (bicyclic) bond motifs is 1. The number of carbonyl (C=O) groups is 5. The number of carbonyl (C=O) groups excluding carboxylic acids is 5. The summed E-state index contributed by atoms with van der Waals surface area (Å²) in [5, 5.41) is 0. The van der Waals surface area contributed by atoms with Crippen LogP contribution in [-0.2, 0) is 42.9 Å². The van der Waals surface area contributed by atoms with Crippen LogP contribution in [0.5, 0.6) is 0 Å². The molecule has 0 unspecified atom stereocenters. The topological polar surface area (TPSA) is 138 Å². The van der Waals surface area contributed by atoms with Crippen molar-refractivity contribution in [2.75, 3.05) is 18.1 Å². The number of urea groups is 1. The van der Waals surface area contributed by atoms with E-state index in [1.54, 1.807) is 37.3 Å². The Morgan fingerprint density at radius 2 is 1.58 bits per heavy atom. The molecule has 6 atom stereocenters. The molecule has 2 aliphatic rings. The van der Waals surface area contributed by atoms with Crippen LogP contribution in [0.4, 0.5) is 10.5 Å². The summed E-state index contributed by atoms with van der Waals surface area (Å²) in [5.41, 5.74) is 0.552. The molecule has 1 aromatic rings. The Bertz CT molecular complexity index is 1000. The third kappa shape index (κ3) is 5.76. The maximum Gasteiger partial charge on any atom is 0.327 e. The molecule has 196 valence electrons. The SMILES string of the molecule is CCN1C(=O)N(c2ccccc2)[C@@H]2O[C@@H]([C@@H](OC(C)=O)[C@@H](COC(C)=O)OC(C)=O)[C@@H](OC(C)=O)[C@@H]21. The highest BCUT2D eigenvalue weighted by molar-refractivity contribution is 5.95. The van der Waals surface area contributed by atoms with Gasteiger partial charge in [0.05, 0.1) is 0 Å². The number of amides is 2. The lowest BCUT2D eigenvalue weighted by atomic mass is 9.99. The first kappa shape index (κ1) is 26.9. The minimum atomic E-state index is -1.33. The summed E-state index contributed by atoms with van der Waals surface area (Å²) in [6, 6.07) is 7.68. The number of nitrogens with zero attached hydrogens (tertiary/aromatic N) is 2. The van der Waals surface area contributed by atoms with Crippen LogP contribution in [0.25, 0.3) is 0 Å². The number of hydrogen-bond acceptors (Lipinski definition) is 10. The van der Waals surface area contributed by atoms with Crippen molar-refractivity contribution in [3.8, 4) is 0 Å². The average molecular weight is 507 g/mol. The highest BCUT2D eigenvalue weighted by Gasteiger charge is 2.62. The third-order valence-corrected chi connectivity index (χ3v) is 5.75. The summed E-state index contributed by atoms with van der Waals surface area (Å²) < 4.78 is 27.8. The Kier molecular flexibility index (Phi) is 8.51. The van der Waals surface area contributed by atoms with Gasteiger partial charge in [-0.2, -0.15) is 0 Å². The van der Waals surface area contributed by atoms with Crippen LogP contribution in [-0.4, -0.2) is 84.6 Å². The Hall–Kier alpha value is -3.67. The molecule has 0 aliphatic carbocycles. The smallest absolute Gasteiger partial charge is 0.327 e. The van der Waals surface area contributed by atoms with E-state index in [2.05, 4.69) is 0 Å². The number of likely N-dealkylation sites (N-methyl/N-ethyl adjacent to an activating group) is 1. The zero-order chi connectivity index (χ0) is 26.6. The van der Waals surface area contributed by atoms with Crippen molar-refractivity contribution in [3.63, 3.8) is 0 Å². The molecule has 0 aromatic heterocycles. The van der Waals surface area contributed by atoms with Crippen LogP contribution in [0.1, 0.15) is 34.6 Å². The third-order valence-electron chi connectivity index (χ3n) is 5.75. The molecule has 0 radical (unpaired) electrons. The van der Waals surface area contributed by atoms with E-state index in [0.29, 0.717) is 5.69 Å². The van der Waals surface area contributed by atoms with Crippen LogP contribution in [0.15, 0.2) is 30.3 Å². The fourth-order valence-electron chi connectivity index (χ4n) is 4.53. The minimum absolute atomic E-state index is 0.274. The van der Waals surface area contributed by atoms with Crippen molar-refractivity contribution in [2.24, 2.45) is 0 Å². The van der Waals surface area contributed by atoms with Gasteiger partial charge in [0, 0.05) is 39.9 Å². The number of ether oxygens (including phenoxy) is 5. The highest BCUT2D eigenvalue weighted by atomic mass is 16.6. The van der Waals surface area contributed by atoms with E-state index in [-0.39, 0.29) is 12.6 Å². The van der Waals surface area contributed by atoms with Crippen LogP contribution in [0.2, 0.25) is 0 Å². The largest absolute Gasteiger partial charge is 0.462 e. The Morgan fingerprint density at radius 1 is 0.944 bits per heavy atom. The number of rotatable bonds is 9. The maximum absolute atomic E-state index is 13.3. The molecule has 2 amide bonds. The number of hydrogen-bond donors (Lipinski definition) is 0. The van der Waals surface area contributed by atoms with Crippen molar-refractivity contribution in [2.45, 2.75) is 71.3 Å². The zero-order valence-corrected chi connectivity index (χ0v) is 20.7. The van der Waals surface area contributed by atoms with Crippen LogP contribution < -0.4 is 4.90 Å². The monoisotopic (exact) mass is 506 g/mol. The van der Waals surface area contributed by atoms with Gasteiger partial charge in [-0.1, -0.05) is 18.2 Å². The van der Waals surface area contributed by atoms with Gasteiger partial charge in [-0.25, -0.2) is 4.79 Å². The first-order chi connectivity index (χ1) is 17.0. The molecular formula is C24H30N2O10. The number of anilines is 1. The fourth-order valence-corrected chi connectivity index (χ4v) is 4.53. The van der Waals surface area contributed by atoms with Gasteiger partial charge in [-0.05, 0) is 19.1 Å². The summed E-state index contributed by atoms with van der Waals surface area (Å²) in [6.07, 6.45) is -5.77. The lowest BCUT2D eigenvalue weighted by molar-refractivity contribution is -0.192. The molecule has 36 heavy (non-hydrogen) atoms. The minimum Gasteiger partial charge on any atom is -0.462 e. The maximum atomic E-state index is 13.3. The molecule has 0 N–H and O–H groups in total. The van der Waals surface area contributed by atoms with Crippen molar-refractivity contribution in [1.29, 1.82) is 0 Å². The summed E-state index contributed by atoms with van der Waals surface area (Å²) in [4.78, 5) is 63.7. The molecule has 3 rings (SSSR count).